The van der Waals surface area contributed by atoms with Crippen LogP contribution in [0.1, 0.15) is 11.4 Å². The molecule has 0 atom stereocenters. The van der Waals surface area contributed by atoms with Gasteiger partial charge in [-0.1, -0.05) is 0 Å². The highest BCUT2D eigenvalue weighted by molar-refractivity contribution is 9.10. The second kappa shape index (κ2) is 5.31. The molecule has 0 saturated carbocycles. The molecule has 1 heterocycles. The number of carbonyl (C=O) groups is 2. The number of hydrogen-bond acceptors (Lipinski definition) is 3. The lowest BCUT2D eigenvalue weighted by Crippen LogP contribution is -2.34. The molecule has 1 N–H and O–H groups in total. The normalized spacial score (nSPS) is 10.4. The smallest absolute Gasteiger partial charge is 0.323 e. The zero-order valence-electron chi connectivity index (χ0n) is 9.90. The average molecular weight is 304 g/mol. The molecule has 0 bridgehead atoms. The highest BCUT2D eigenvalue weighted by atomic mass is 79.9. The average Bonchev–Trinajstić information content (AvgIpc) is 2.45. The van der Waals surface area contributed by atoms with Crippen LogP contribution in [0.4, 0.5) is 0 Å². The minimum absolute atomic E-state index is 0.0437. The Labute approximate surface area is 107 Å². The second-order valence-electron chi connectivity index (χ2n) is 3.79. The number of carbonyl (C=O) groups excluding carboxylic acids is 1. The molecule has 17 heavy (non-hydrogen) atoms. The largest absolute Gasteiger partial charge is 0.480 e. The van der Waals surface area contributed by atoms with Gasteiger partial charge in [0, 0.05) is 7.05 Å². The molecule has 0 aliphatic heterocycles. The van der Waals surface area contributed by atoms with Crippen LogP contribution in [0.15, 0.2) is 4.47 Å². The molecular formula is C10H14BrN3O3. The van der Waals surface area contributed by atoms with E-state index >= 15 is 0 Å². The number of halogens is 1. The first-order valence-electron chi connectivity index (χ1n) is 4.98. The molecule has 1 rings (SSSR count). The first kappa shape index (κ1) is 13.7. The first-order valence-corrected chi connectivity index (χ1v) is 5.77. The van der Waals surface area contributed by atoms with Crippen LogP contribution >= 0.6 is 15.9 Å². The first-order chi connectivity index (χ1) is 7.82. The fraction of sp³-hybridized carbons (Fsp3) is 0.500. The fourth-order valence-corrected chi connectivity index (χ4v) is 1.65. The van der Waals surface area contributed by atoms with Crippen molar-refractivity contribution in [3.05, 3.63) is 15.9 Å². The third-order valence-electron chi connectivity index (χ3n) is 2.38. The summed E-state index contributed by atoms with van der Waals surface area (Å²) in [6.07, 6.45) is 0. The number of carboxylic acid groups (broad SMARTS) is 1. The SMILES string of the molecule is Cc1nn(CC(=O)N(C)CC(=O)O)c(C)c1Br. The number of carboxylic acids is 1. The molecule has 0 saturated heterocycles. The molecule has 0 aliphatic carbocycles. The maximum Gasteiger partial charge on any atom is 0.323 e. The lowest BCUT2D eigenvalue weighted by atomic mass is 10.4. The predicted octanol–water partition coefficient (Wildman–Crippen LogP) is 0.805. The van der Waals surface area contributed by atoms with E-state index in [9.17, 15) is 9.59 Å². The summed E-state index contributed by atoms with van der Waals surface area (Å²) in [4.78, 5) is 23.3. The molecule has 0 aliphatic rings. The van der Waals surface area contributed by atoms with Gasteiger partial charge in [-0.25, -0.2) is 0 Å². The summed E-state index contributed by atoms with van der Waals surface area (Å²) in [5, 5.41) is 12.8. The zero-order chi connectivity index (χ0) is 13.2. The van der Waals surface area contributed by atoms with Crippen LogP contribution in [0.3, 0.4) is 0 Å². The minimum Gasteiger partial charge on any atom is -0.480 e. The van der Waals surface area contributed by atoms with Gasteiger partial charge in [-0.3, -0.25) is 14.3 Å². The highest BCUT2D eigenvalue weighted by Crippen LogP contribution is 2.19. The van der Waals surface area contributed by atoms with Crippen molar-refractivity contribution in [3.8, 4) is 0 Å². The molecule has 0 radical (unpaired) electrons. The Balaban J connectivity index is 2.74. The van der Waals surface area contributed by atoms with Crippen molar-refractivity contribution in [2.24, 2.45) is 0 Å². The van der Waals surface area contributed by atoms with Crippen molar-refractivity contribution < 1.29 is 14.7 Å². The topological polar surface area (TPSA) is 75.4 Å². The van der Waals surface area contributed by atoms with E-state index in [0.717, 1.165) is 20.8 Å². The quantitative estimate of drug-likeness (QED) is 0.893. The third-order valence-corrected chi connectivity index (χ3v) is 3.52. The van der Waals surface area contributed by atoms with Crippen LogP contribution in [-0.4, -0.2) is 45.3 Å². The van der Waals surface area contributed by atoms with Gasteiger partial charge >= 0.3 is 5.97 Å². The molecule has 7 heteroatoms. The van der Waals surface area contributed by atoms with Crippen molar-refractivity contribution >= 4 is 27.8 Å². The molecule has 0 fully saturated rings. The van der Waals surface area contributed by atoms with Crippen LogP contribution in [0, 0.1) is 13.8 Å². The Kier molecular flexibility index (Phi) is 4.28. The maximum atomic E-state index is 11.7. The molecule has 0 spiro atoms. The van der Waals surface area contributed by atoms with Gasteiger partial charge in [0.25, 0.3) is 0 Å². The summed E-state index contributed by atoms with van der Waals surface area (Å²) in [6, 6.07) is 0. The Bertz CT molecular complexity index is 456. The number of likely N-dealkylation sites (N-methyl/N-ethyl adjacent to an activating group) is 1. The molecule has 1 aromatic heterocycles. The Morgan fingerprint density at radius 2 is 2.06 bits per heavy atom. The maximum absolute atomic E-state index is 11.7. The van der Waals surface area contributed by atoms with E-state index in [-0.39, 0.29) is 19.0 Å². The van der Waals surface area contributed by atoms with E-state index in [2.05, 4.69) is 21.0 Å². The molecule has 0 unspecified atom stereocenters. The van der Waals surface area contributed by atoms with Crippen LogP contribution in [0.2, 0.25) is 0 Å². The molecule has 1 amide bonds. The molecule has 6 nitrogen and oxygen atoms in total. The van der Waals surface area contributed by atoms with Gasteiger partial charge < -0.3 is 10.0 Å². The minimum atomic E-state index is -1.03. The summed E-state index contributed by atoms with van der Waals surface area (Å²) in [5.41, 5.74) is 1.65. The highest BCUT2D eigenvalue weighted by Gasteiger charge is 2.16. The summed E-state index contributed by atoms with van der Waals surface area (Å²) in [5.74, 6) is -1.32. The summed E-state index contributed by atoms with van der Waals surface area (Å²) < 4.78 is 2.42. The van der Waals surface area contributed by atoms with E-state index in [1.54, 1.807) is 4.68 Å². The third kappa shape index (κ3) is 3.29. The van der Waals surface area contributed by atoms with Crippen LogP contribution in [-0.2, 0) is 16.1 Å². The van der Waals surface area contributed by atoms with E-state index in [4.69, 9.17) is 5.11 Å². The monoisotopic (exact) mass is 303 g/mol. The lowest BCUT2D eigenvalue weighted by Gasteiger charge is -2.14. The van der Waals surface area contributed by atoms with Crippen LogP contribution in [0.5, 0.6) is 0 Å². The Morgan fingerprint density at radius 3 is 2.47 bits per heavy atom. The van der Waals surface area contributed by atoms with Gasteiger partial charge in [-0.2, -0.15) is 5.10 Å². The zero-order valence-corrected chi connectivity index (χ0v) is 11.5. The number of aliphatic carboxylic acids is 1. The van der Waals surface area contributed by atoms with Gasteiger partial charge in [0.15, 0.2) is 0 Å². The van der Waals surface area contributed by atoms with Gasteiger partial charge in [0.1, 0.15) is 13.1 Å². The van der Waals surface area contributed by atoms with Crippen molar-refractivity contribution in [3.63, 3.8) is 0 Å². The Hall–Kier alpha value is -1.37. The van der Waals surface area contributed by atoms with Gasteiger partial charge in [0.2, 0.25) is 5.91 Å². The van der Waals surface area contributed by atoms with Gasteiger partial charge in [-0.05, 0) is 29.8 Å². The molecule has 94 valence electrons. The van der Waals surface area contributed by atoms with Crippen LogP contribution < -0.4 is 0 Å². The van der Waals surface area contributed by atoms with Crippen molar-refractivity contribution in [1.82, 2.24) is 14.7 Å². The summed E-state index contributed by atoms with van der Waals surface area (Å²) in [7, 11) is 1.46. The van der Waals surface area contributed by atoms with E-state index in [0.29, 0.717) is 0 Å². The standard InChI is InChI=1S/C10H14BrN3O3/c1-6-10(11)7(2)14(12-6)4-8(15)13(3)5-9(16)17/h4-5H2,1-3H3,(H,16,17). The van der Waals surface area contributed by atoms with Gasteiger partial charge in [-0.15, -0.1) is 0 Å². The number of hydrogen-bond donors (Lipinski definition) is 1. The van der Waals surface area contributed by atoms with E-state index < -0.39 is 5.97 Å². The fourth-order valence-electron chi connectivity index (χ4n) is 1.37. The van der Waals surface area contributed by atoms with E-state index in [1.807, 2.05) is 13.8 Å². The number of rotatable bonds is 4. The summed E-state index contributed by atoms with van der Waals surface area (Å²) >= 11 is 3.36. The van der Waals surface area contributed by atoms with Crippen molar-refractivity contribution in [2.75, 3.05) is 13.6 Å². The molecule has 0 aromatic carbocycles. The van der Waals surface area contributed by atoms with E-state index in [1.165, 1.54) is 7.05 Å². The molecular weight excluding hydrogens is 290 g/mol. The van der Waals surface area contributed by atoms with Crippen LogP contribution in [0.25, 0.3) is 0 Å². The second-order valence-corrected chi connectivity index (χ2v) is 4.58. The van der Waals surface area contributed by atoms with Crippen molar-refractivity contribution in [2.45, 2.75) is 20.4 Å². The predicted molar refractivity (Wildman–Crippen MR) is 64.7 cm³/mol. The summed E-state index contributed by atoms with van der Waals surface area (Å²) in [6.45, 7) is 3.41. The van der Waals surface area contributed by atoms with Gasteiger partial charge in [0.05, 0.1) is 15.9 Å². The number of amides is 1. The number of aryl methyl sites for hydroxylation is 1. The molecule has 1 aromatic rings. The lowest BCUT2D eigenvalue weighted by molar-refractivity contribution is -0.143. The number of nitrogens with zero attached hydrogens (tertiary/aromatic N) is 3. The van der Waals surface area contributed by atoms with Crippen molar-refractivity contribution in [1.29, 1.82) is 0 Å². The number of aromatic nitrogens is 2. The Morgan fingerprint density at radius 1 is 1.47 bits per heavy atom.